The summed E-state index contributed by atoms with van der Waals surface area (Å²) in [6.07, 6.45) is 38.1. The van der Waals surface area contributed by atoms with Gasteiger partial charge in [-0.15, -0.1) is 0 Å². The first-order chi connectivity index (χ1) is 24.8. The number of hydrogen-bond acceptors (Lipinski definition) is 8. The molecule has 9 nitrogen and oxygen atoms in total. The highest BCUT2D eigenvalue weighted by Gasteiger charge is 2.26. The van der Waals surface area contributed by atoms with E-state index in [-0.39, 0.29) is 38.6 Å². The highest BCUT2D eigenvalue weighted by molar-refractivity contribution is 7.47. The number of nitrogens with two attached hydrogens (primary N) is 1. The van der Waals surface area contributed by atoms with Crippen molar-refractivity contribution in [3.8, 4) is 0 Å². The Hall–Kier alpha value is -1.25. The molecule has 10 heteroatoms. The van der Waals surface area contributed by atoms with E-state index in [1.54, 1.807) is 0 Å². The predicted octanol–water partition coefficient (Wildman–Crippen LogP) is 11.8. The van der Waals surface area contributed by atoms with Gasteiger partial charge in [0.2, 0.25) is 0 Å². The van der Waals surface area contributed by atoms with Gasteiger partial charge in [-0.3, -0.25) is 18.6 Å². The molecule has 1 unspecified atom stereocenters. The van der Waals surface area contributed by atoms with Gasteiger partial charge in [0.05, 0.1) is 13.2 Å². The second-order valence-corrected chi connectivity index (χ2v) is 15.7. The molecular formula is C41H80NO8P. The molecule has 2 atom stereocenters. The minimum Gasteiger partial charge on any atom is -0.462 e. The van der Waals surface area contributed by atoms with Crippen molar-refractivity contribution in [1.82, 2.24) is 0 Å². The van der Waals surface area contributed by atoms with E-state index in [1.807, 2.05) is 0 Å². The summed E-state index contributed by atoms with van der Waals surface area (Å²) in [4.78, 5) is 34.8. The van der Waals surface area contributed by atoms with Crippen LogP contribution >= 0.6 is 7.82 Å². The largest absolute Gasteiger partial charge is 0.472 e. The van der Waals surface area contributed by atoms with E-state index < -0.39 is 26.5 Å². The highest BCUT2D eigenvalue weighted by Crippen LogP contribution is 2.43. The van der Waals surface area contributed by atoms with Crippen LogP contribution < -0.4 is 5.73 Å². The lowest BCUT2D eigenvalue weighted by atomic mass is 10.1. The number of unbranched alkanes of at least 4 members (excludes halogenated alkanes) is 25. The third-order valence-electron chi connectivity index (χ3n) is 9.15. The fraction of sp³-hybridized carbons (Fsp3) is 0.902. The first-order valence-corrected chi connectivity index (χ1v) is 22.7. The van der Waals surface area contributed by atoms with Gasteiger partial charge in [0.25, 0.3) is 0 Å². The maximum atomic E-state index is 12.5. The quantitative estimate of drug-likeness (QED) is 0.0272. The molecule has 0 bridgehead atoms. The van der Waals surface area contributed by atoms with Crippen LogP contribution in [0.3, 0.4) is 0 Å². The molecule has 0 aliphatic heterocycles. The Balaban J connectivity index is 4.09. The van der Waals surface area contributed by atoms with Crippen LogP contribution in [-0.4, -0.2) is 49.3 Å². The number of esters is 2. The number of rotatable bonds is 40. The summed E-state index contributed by atoms with van der Waals surface area (Å²) < 4.78 is 32.7. The van der Waals surface area contributed by atoms with E-state index in [2.05, 4.69) is 26.0 Å². The minimum absolute atomic E-state index is 0.0555. The molecule has 0 aromatic heterocycles. The second-order valence-electron chi connectivity index (χ2n) is 14.2. The van der Waals surface area contributed by atoms with Crippen LogP contribution in [0.1, 0.15) is 206 Å². The Morgan fingerprint density at radius 1 is 0.569 bits per heavy atom. The smallest absolute Gasteiger partial charge is 0.462 e. The average Bonchev–Trinajstić information content (AvgIpc) is 3.11. The lowest BCUT2D eigenvalue weighted by Crippen LogP contribution is -2.29. The molecule has 0 aromatic rings. The third kappa shape index (κ3) is 38.3. The zero-order chi connectivity index (χ0) is 37.5. The number of carbonyl (C=O) groups excluding carboxylic acids is 2. The van der Waals surface area contributed by atoms with Gasteiger partial charge in [-0.2, -0.15) is 0 Å². The summed E-state index contributed by atoms with van der Waals surface area (Å²) >= 11 is 0. The number of carbonyl (C=O) groups is 2. The maximum absolute atomic E-state index is 12.5. The molecule has 0 fully saturated rings. The monoisotopic (exact) mass is 746 g/mol. The molecule has 0 amide bonds. The van der Waals surface area contributed by atoms with Gasteiger partial charge in [-0.25, -0.2) is 4.57 Å². The summed E-state index contributed by atoms with van der Waals surface area (Å²) in [5.74, 6) is -0.826. The third-order valence-corrected chi connectivity index (χ3v) is 10.1. The molecule has 0 spiro atoms. The molecule has 51 heavy (non-hydrogen) atoms. The zero-order valence-corrected chi connectivity index (χ0v) is 34.0. The lowest BCUT2D eigenvalue weighted by Gasteiger charge is -2.19. The van der Waals surface area contributed by atoms with Crippen molar-refractivity contribution < 1.29 is 37.6 Å². The van der Waals surface area contributed by atoms with Gasteiger partial charge in [-0.05, 0) is 38.5 Å². The summed E-state index contributed by atoms with van der Waals surface area (Å²) in [6.45, 7) is 3.73. The molecular weight excluding hydrogens is 665 g/mol. The summed E-state index contributed by atoms with van der Waals surface area (Å²) in [7, 11) is -4.37. The average molecular weight is 746 g/mol. The van der Waals surface area contributed by atoms with Crippen molar-refractivity contribution in [1.29, 1.82) is 0 Å². The number of ether oxygens (including phenoxy) is 2. The summed E-state index contributed by atoms with van der Waals surface area (Å²) in [5.41, 5.74) is 5.34. The first-order valence-electron chi connectivity index (χ1n) is 21.2. The fourth-order valence-corrected chi connectivity index (χ4v) is 6.75. The molecule has 0 aliphatic rings. The van der Waals surface area contributed by atoms with Crippen molar-refractivity contribution in [2.45, 2.75) is 213 Å². The van der Waals surface area contributed by atoms with Crippen LogP contribution in [-0.2, 0) is 32.7 Å². The van der Waals surface area contributed by atoms with Gasteiger partial charge < -0.3 is 20.1 Å². The number of hydrogen-bond donors (Lipinski definition) is 2. The molecule has 0 rings (SSSR count). The predicted molar refractivity (Wildman–Crippen MR) is 211 cm³/mol. The van der Waals surface area contributed by atoms with Crippen LogP contribution in [0.5, 0.6) is 0 Å². The van der Waals surface area contributed by atoms with E-state index in [9.17, 15) is 19.0 Å². The Morgan fingerprint density at radius 3 is 1.39 bits per heavy atom. The SMILES string of the molecule is CCCCCCCCCC/C=C\CCCCCCCCCC(=O)OC[C@H](COP(=O)(O)OCCN)OC(=O)CCCCCCCCCCCCC. The van der Waals surface area contributed by atoms with Crippen LogP contribution in [0.4, 0.5) is 0 Å². The minimum atomic E-state index is -4.37. The molecule has 0 aromatic carbocycles. The Bertz CT molecular complexity index is 856. The fourth-order valence-electron chi connectivity index (χ4n) is 5.98. The molecule has 0 saturated heterocycles. The molecule has 302 valence electrons. The van der Waals surface area contributed by atoms with Gasteiger partial charge in [0, 0.05) is 19.4 Å². The molecule has 0 heterocycles. The van der Waals surface area contributed by atoms with Crippen molar-refractivity contribution in [2.24, 2.45) is 5.73 Å². The van der Waals surface area contributed by atoms with Gasteiger partial charge in [0.1, 0.15) is 6.61 Å². The van der Waals surface area contributed by atoms with E-state index in [4.69, 9.17) is 24.3 Å². The van der Waals surface area contributed by atoms with E-state index >= 15 is 0 Å². The van der Waals surface area contributed by atoms with Crippen molar-refractivity contribution >= 4 is 19.8 Å². The summed E-state index contributed by atoms with van der Waals surface area (Å²) in [6, 6.07) is 0. The molecule has 0 radical (unpaired) electrons. The van der Waals surface area contributed by atoms with Crippen molar-refractivity contribution in [3.05, 3.63) is 12.2 Å². The number of allylic oxidation sites excluding steroid dienone is 2. The maximum Gasteiger partial charge on any atom is 0.472 e. The van der Waals surface area contributed by atoms with Gasteiger partial charge in [-0.1, -0.05) is 167 Å². The Kier molecular flexibility index (Phi) is 37.5. The van der Waals surface area contributed by atoms with Crippen LogP contribution in [0.15, 0.2) is 12.2 Å². The van der Waals surface area contributed by atoms with E-state index in [1.165, 1.54) is 141 Å². The first kappa shape index (κ1) is 49.8. The van der Waals surface area contributed by atoms with E-state index in [0.717, 1.165) is 32.1 Å². The second kappa shape index (κ2) is 38.5. The topological polar surface area (TPSA) is 134 Å². The number of phosphoric acid groups is 1. The lowest BCUT2D eigenvalue weighted by molar-refractivity contribution is -0.161. The Morgan fingerprint density at radius 2 is 0.961 bits per heavy atom. The van der Waals surface area contributed by atoms with Crippen molar-refractivity contribution in [2.75, 3.05) is 26.4 Å². The summed E-state index contributed by atoms with van der Waals surface area (Å²) in [5, 5.41) is 0. The highest BCUT2D eigenvalue weighted by atomic mass is 31.2. The molecule has 0 saturated carbocycles. The van der Waals surface area contributed by atoms with Crippen LogP contribution in [0.25, 0.3) is 0 Å². The van der Waals surface area contributed by atoms with Gasteiger partial charge in [0.15, 0.2) is 6.10 Å². The Labute approximate surface area is 313 Å². The van der Waals surface area contributed by atoms with Crippen LogP contribution in [0.2, 0.25) is 0 Å². The van der Waals surface area contributed by atoms with Crippen molar-refractivity contribution in [3.63, 3.8) is 0 Å². The molecule has 3 N–H and O–H groups in total. The number of phosphoric ester groups is 1. The standard InChI is InChI=1S/C41H80NO8P/c1-3-5-7-9-11-13-15-16-17-18-19-20-21-22-24-25-27-29-31-33-40(43)47-37-39(38-49-51(45,46)48-36-35-42)50-41(44)34-32-30-28-26-23-14-12-10-8-6-4-2/h18-19,39H,3-17,20-38,42H2,1-2H3,(H,45,46)/b19-18-/t39-/m1/s1. The zero-order valence-electron chi connectivity index (χ0n) is 33.1. The normalized spacial score (nSPS) is 13.4. The van der Waals surface area contributed by atoms with Crippen LogP contribution in [0, 0.1) is 0 Å². The van der Waals surface area contributed by atoms with Gasteiger partial charge >= 0.3 is 19.8 Å². The molecule has 0 aliphatic carbocycles. The van der Waals surface area contributed by atoms with E-state index in [0.29, 0.717) is 6.42 Å².